The number of rotatable bonds is 1. The van der Waals surface area contributed by atoms with Crippen LogP contribution in [-0.4, -0.2) is 12.9 Å². The number of ether oxygens (including phenoxy) is 1. The van der Waals surface area contributed by atoms with Crippen LogP contribution >= 0.6 is 31.9 Å². The van der Waals surface area contributed by atoms with Crippen LogP contribution in [0.4, 0.5) is 0 Å². The van der Waals surface area contributed by atoms with Crippen LogP contribution in [0.2, 0.25) is 0 Å². The van der Waals surface area contributed by atoms with Gasteiger partial charge in [0, 0.05) is 6.42 Å². The first-order valence-electron chi connectivity index (χ1n) is 4.38. The number of Topliss-reactive ketones (excluding diaryl/α,β-unsaturated/α-hetero) is 1. The monoisotopic (exact) mass is 330 g/mol. The SMILES string of the molecule is COc1cc2c(cc1Br)C=C(Br)C(=O)C2. The minimum Gasteiger partial charge on any atom is -0.496 e. The van der Waals surface area contributed by atoms with E-state index >= 15 is 0 Å². The lowest BCUT2D eigenvalue weighted by Crippen LogP contribution is -2.09. The summed E-state index contributed by atoms with van der Waals surface area (Å²) < 4.78 is 6.71. The van der Waals surface area contributed by atoms with Crippen LogP contribution in [0.1, 0.15) is 11.1 Å². The Hall–Kier alpha value is -0.610. The second-order valence-electron chi connectivity index (χ2n) is 3.28. The zero-order valence-corrected chi connectivity index (χ0v) is 11.2. The Bertz CT molecular complexity index is 464. The van der Waals surface area contributed by atoms with Crippen molar-refractivity contribution in [3.63, 3.8) is 0 Å². The third kappa shape index (κ3) is 2.01. The van der Waals surface area contributed by atoms with Gasteiger partial charge in [-0.15, -0.1) is 0 Å². The van der Waals surface area contributed by atoms with Crippen molar-refractivity contribution in [2.75, 3.05) is 7.11 Å². The first-order valence-corrected chi connectivity index (χ1v) is 5.97. The van der Waals surface area contributed by atoms with E-state index in [-0.39, 0.29) is 5.78 Å². The molecule has 0 radical (unpaired) electrons. The summed E-state index contributed by atoms with van der Waals surface area (Å²) in [4.78, 5) is 11.5. The van der Waals surface area contributed by atoms with Crippen molar-refractivity contribution in [3.05, 3.63) is 32.2 Å². The van der Waals surface area contributed by atoms with Crippen molar-refractivity contribution in [2.45, 2.75) is 6.42 Å². The van der Waals surface area contributed by atoms with Gasteiger partial charge in [0.1, 0.15) is 5.75 Å². The molecular formula is C11H8Br2O2. The number of carbonyl (C=O) groups is 1. The van der Waals surface area contributed by atoms with Crippen LogP contribution in [0.25, 0.3) is 6.08 Å². The van der Waals surface area contributed by atoms with Crippen LogP contribution < -0.4 is 4.74 Å². The van der Waals surface area contributed by atoms with Gasteiger partial charge in [0.2, 0.25) is 0 Å². The first-order chi connectivity index (χ1) is 7.11. The average Bonchev–Trinajstić information content (AvgIpc) is 2.20. The Morgan fingerprint density at radius 3 is 2.73 bits per heavy atom. The Balaban J connectivity index is 2.56. The number of halogens is 2. The predicted octanol–water partition coefficient (Wildman–Crippen LogP) is 3.32. The fourth-order valence-corrected chi connectivity index (χ4v) is 2.44. The molecule has 0 unspecified atom stereocenters. The molecule has 0 N–H and O–H groups in total. The van der Waals surface area contributed by atoms with Gasteiger partial charge in [-0.1, -0.05) is 0 Å². The van der Waals surface area contributed by atoms with Crippen molar-refractivity contribution in [1.82, 2.24) is 0 Å². The van der Waals surface area contributed by atoms with Gasteiger partial charge in [-0.05, 0) is 61.2 Å². The summed E-state index contributed by atoms with van der Waals surface area (Å²) in [6.07, 6.45) is 2.27. The number of carbonyl (C=O) groups excluding carboxylic acids is 1. The van der Waals surface area contributed by atoms with E-state index in [1.807, 2.05) is 18.2 Å². The van der Waals surface area contributed by atoms with E-state index in [4.69, 9.17) is 4.74 Å². The zero-order chi connectivity index (χ0) is 11.0. The van der Waals surface area contributed by atoms with Gasteiger partial charge in [0.25, 0.3) is 0 Å². The summed E-state index contributed by atoms with van der Waals surface area (Å²) in [5.74, 6) is 0.861. The summed E-state index contributed by atoms with van der Waals surface area (Å²) in [5.41, 5.74) is 2.05. The molecule has 0 heterocycles. The highest BCUT2D eigenvalue weighted by molar-refractivity contribution is 9.12. The van der Waals surface area contributed by atoms with Crippen LogP contribution in [0.15, 0.2) is 21.1 Å². The van der Waals surface area contributed by atoms with E-state index in [1.165, 1.54) is 0 Å². The third-order valence-electron chi connectivity index (χ3n) is 2.31. The molecule has 0 amide bonds. The Labute approximate surface area is 105 Å². The van der Waals surface area contributed by atoms with Crippen molar-refractivity contribution >= 4 is 43.7 Å². The fraction of sp³-hybridized carbons (Fsp3) is 0.182. The van der Waals surface area contributed by atoms with Gasteiger partial charge in [0.15, 0.2) is 5.78 Å². The maximum atomic E-state index is 11.5. The maximum absolute atomic E-state index is 11.5. The smallest absolute Gasteiger partial charge is 0.174 e. The Kier molecular flexibility index (Phi) is 2.98. The fourth-order valence-electron chi connectivity index (χ4n) is 1.53. The lowest BCUT2D eigenvalue weighted by molar-refractivity contribution is -0.114. The molecule has 4 heteroatoms. The molecule has 0 spiro atoms. The van der Waals surface area contributed by atoms with Crippen molar-refractivity contribution < 1.29 is 9.53 Å². The molecule has 1 aromatic rings. The molecule has 0 atom stereocenters. The van der Waals surface area contributed by atoms with Gasteiger partial charge in [-0.2, -0.15) is 0 Å². The van der Waals surface area contributed by atoms with Gasteiger partial charge >= 0.3 is 0 Å². The number of hydrogen-bond donors (Lipinski definition) is 0. The first kappa shape index (κ1) is 10.9. The molecule has 2 rings (SSSR count). The lowest BCUT2D eigenvalue weighted by Gasteiger charge is -2.14. The van der Waals surface area contributed by atoms with E-state index in [0.717, 1.165) is 21.3 Å². The molecule has 78 valence electrons. The van der Waals surface area contributed by atoms with Crippen LogP contribution in [0.3, 0.4) is 0 Å². The van der Waals surface area contributed by atoms with E-state index in [9.17, 15) is 4.79 Å². The number of fused-ring (bicyclic) bond motifs is 1. The summed E-state index contributed by atoms with van der Waals surface area (Å²) in [6.45, 7) is 0. The van der Waals surface area contributed by atoms with Gasteiger partial charge in [-0.3, -0.25) is 4.79 Å². The molecule has 1 aliphatic rings. The highest BCUT2D eigenvalue weighted by Gasteiger charge is 2.18. The molecular weight excluding hydrogens is 324 g/mol. The molecule has 0 saturated heterocycles. The van der Waals surface area contributed by atoms with E-state index < -0.39 is 0 Å². The number of benzene rings is 1. The molecule has 1 aliphatic carbocycles. The van der Waals surface area contributed by atoms with Crippen molar-refractivity contribution in [3.8, 4) is 5.75 Å². The Morgan fingerprint density at radius 1 is 1.33 bits per heavy atom. The van der Waals surface area contributed by atoms with Gasteiger partial charge in [0.05, 0.1) is 16.1 Å². The largest absolute Gasteiger partial charge is 0.496 e. The number of hydrogen-bond acceptors (Lipinski definition) is 2. The Morgan fingerprint density at radius 2 is 2.07 bits per heavy atom. The second-order valence-corrected chi connectivity index (χ2v) is 4.99. The maximum Gasteiger partial charge on any atom is 0.174 e. The highest BCUT2D eigenvalue weighted by atomic mass is 79.9. The van der Waals surface area contributed by atoms with Gasteiger partial charge in [-0.25, -0.2) is 0 Å². The summed E-state index contributed by atoms with van der Waals surface area (Å²) >= 11 is 6.66. The quantitative estimate of drug-likeness (QED) is 0.789. The standard InChI is InChI=1S/C11H8Br2O2/c1-15-11-5-7-4-10(14)8(12)2-6(7)3-9(11)13/h2-3,5H,4H2,1H3. The lowest BCUT2D eigenvalue weighted by atomic mass is 9.96. The second kappa shape index (κ2) is 4.10. The van der Waals surface area contributed by atoms with Crippen LogP contribution in [0, 0.1) is 0 Å². The topological polar surface area (TPSA) is 26.3 Å². The molecule has 2 nitrogen and oxygen atoms in total. The summed E-state index contributed by atoms with van der Waals surface area (Å²) in [5, 5.41) is 0. The van der Waals surface area contributed by atoms with Crippen molar-refractivity contribution in [1.29, 1.82) is 0 Å². The normalized spacial score (nSPS) is 14.6. The molecule has 1 aromatic carbocycles. The van der Waals surface area contributed by atoms with Crippen LogP contribution in [0.5, 0.6) is 5.75 Å². The number of methoxy groups -OCH3 is 1. The van der Waals surface area contributed by atoms with Crippen LogP contribution in [-0.2, 0) is 11.2 Å². The summed E-state index contributed by atoms with van der Waals surface area (Å²) in [7, 11) is 1.61. The molecule has 15 heavy (non-hydrogen) atoms. The van der Waals surface area contributed by atoms with E-state index in [1.54, 1.807) is 7.11 Å². The van der Waals surface area contributed by atoms with E-state index in [2.05, 4.69) is 31.9 Å². The average molecular weight is 332 g/mol. The minimum absolute atomic E-state index is 0.104. The number of allylic oxidation sites excluding steroid dienone is 1. The third-order valence-corrected chi connectivity index (χ3v) is 3.60. The number of ketones is 1. The predicted molar refractivity (Wildman–Crippen MR) is 66.3 cm³/mol. The zero-order valence-electron chi connectivity index (χ0n) is 8.01. The van der Waals surface area contributed by atoms with E-state index in [0.29, 0.717) is 10.9 Å². The molecule has 0 saturated carbocycles. The molecule has 0 bridgehead atoms. The summed E-state index contributed by atoms with van der Waals surface area (Å²) in [6, 6.07) is 3.86. The molecule has 0 fully saturated rings. The molecule has 0 aliphatic heterocycles. The highest BCUT2D eigenvalue weighted by Crippen LogP contribution is 2.33. The van der Waals surface area contributed by atoms with Gasteiger partial charge < -0.3 is 4.74 Å². The van der Waals surface area contributed by atoms with Crippen molar-refractivity contribution in [2.24, 2.45) is 0 Å². The minimum atomic E-state index is 0.104. The molecule has 0 aromatic heterocycles.